The Hall–Kier alpha value is -3.27. The van der Waals surface area contributed by atoms with Crippen LogP contribution in [-0.2, 0) is 13.6 Å². The van der Waals surface area contributed by atoms with Crippen LogP contribution in [0.4, 0.5) is 10.1 Å². The zero-order valence-corrected chi connectivity index (χ0v) is 17.2. The van der Waals surface area contributed by atoms with Gasteiger partial charge in [0.15, 0.2) is 17.0 Å². The van der Waals surface area contributed by atoms with Crippen molar-refractivity contribution in [1.82, 2.24) is 29.2 Å². The molecule has 6 rings (SSSR count). The molecule has 31 heavy (non-hydrogen) atoms. The van der Waals surface area contributed by atoms with E-state index in [0.29, 0.717) is 45.4 Å². The number of aromatic nitrogens is 6. The maximum Gasteiger partial charge on any atom is 0.280 e. The molecule has 0 radical (unpaired) electrons. The van der Waals surface area contributed by atoms with Gasteiger partial charge in [-0.25, -0.2) is 14.4 Å². The Kier molecular flexibility index (Phi) is 3.95. The van der Waals surface area contributed by atoms with Crippen molar-refractivity contribution in [3.05, 3.63) is 63.8 Å². The number of aryl methyl sites for hydroxylation is 1. The lowest BCUT2D eigenvalue weighted by molar-refractivity contribution is 0.363. The summed E-state index contributed by atoms with van der Waals surface area (Å²) < 4.78 is 22.7. The number of hydrogen-bond donors (Lipinski definition) is 0. The van der Waals surface area contributed by atoms with Crippen LogP contribution in [0.5, 0.6) is 0 Å². The molecule has 1 aromatic carbocycles. The van der Waals surface area contributed by atoms with Crippen molar-refractivity contribution in [3.63, 3.8) is 0 Å². The van der Waals surface area contributed by atoms with Crippen LogP contribution in [0.2, 0.25) is 5.02 Å². The van der Waals surface area contributed by atoms with Crippen molar-refractivity contribution >= 4 is 28.5 Å². The fraction of sp³-hybridized carbons (Fsp3) is 0.350. The summed E-state index contributed by atoms with van der Waals surface area (Å²) in [4.78, 5) is 27.5. The average Bonchev–Trinajstić information content (AvgIpc) is 3.16. The van der Waals surface area contributed by atoms with E-state index in [2.05, 4.69) is 20.1 Å². The molecule has 4 aromatic rings. The smallest absolute Gasteiger partial charge is 0.280 e. The Bertz CT molecular complexity index is 1370. The van der Waals surface area contributed by atoms with Gasteiger partial charge in [0.2, 0.25) is 5.89 Å². The van der Waals surface area contributed by atoms with Gasteiger partial charge in [-0.1, -0.05) is 16.8 Å². The minimum Gasteiger partial charge on any atom is -0.369 e. The molecule has 3 aromatic heterocycles. The van der Waals surface area contributed by atoms with E-state index in [1.165, 1.54) is 17.0 Å². The van der Waals surface area contributed by atoms with Crippen LogP contribution in [0.15, 0.2) is 40.2 Å². The van der Waals surface area contributed by atoms with Crippen LogP contribution >= 0.6 is 11.6 Å². The number of rotatable bonds is 4. The molecular formula is C20H17ClFN7O2. The highest BCUT2D eigenvalue weighted by Gasteiger charge is 2.58. The molecule has 1 aliphatic heterocycles. The molecule has 0 N–H and O–H groups in total. The molecule has 0 amide bonds. The first kappa shape index (κ1) is 18.5. The van der Waals surface area contributed by atoms with Crippen LogP contribution < -0.4 is 10.5 Å². The Labute approximate surface area is 180 Å². The molecule has 1 saturated carbocycles. The van der Waals surface area contributed by atoms with Gasteiger partial charge in [0.1, 0.15) is 18.7 Å². The van der Waals surface area contributed by atoms with Crippen molar-refractivity contribution in [2.75, 3.05) is 18.0 Å². The van der Waals surface area contributed by atoms with Gasteiger partial charge in [-0.15, -0.1) is 0 Å². The summed E-state index contributed by atoms with van der Waals surface area (Å²) in [5.41, 5.74) is 1.19. The van der Waals surface area contributed by atoms with E-state index in [1.54, 1.807) is 30.1 Å². The molecule has 1 aliphatic carbocycles. The molecule has 9 nitrogen and oxygen atoms in total. The molecule has 3 atom stereocenters. The quantitative estimate of drug-likeness (QED) is 0.479. The van der Waals surface area contributed by atoms with Crippen LogP contribution in [0.25, 0.3) is 11.2 Å². The third kappa shape index (κ3) is 2.93. The fourth-order valence-corrected chi connectivity index (χ4v) is 4.80. The molecule has 2 fully saturated rings. The first-order valence-corrected chi connectivity index (χ1v) is 10.3. The summed E-state index contributed by atoms with van der Waals surface area (Å²) in [6.07, 6.45) is 2.99. The molecule has 0 bridgehead atoms. The average molecular weight is 442 g/mol. The minimum atomic E-state index is -0.309. The maximum absolute atomic E-state index is 14.2. The highest BCUT2D eigenvalue weighted by atomic mass is 35.5. The van der Waals surface area contributed by atoms with E-state index in [-0.39, 0.29) is 23.8 Å². The first-order valence-electron chi connectivity index (χ1n) is 9.88. The second-order valence-corrected chi connectivity index (χ2v) is 8.54. The standard InChI is InChI=1S/C20H17ClFN7O2/c1-27-8-23-19-17(27)20(30)29(9-24-19)7-15-25-18(26-31-15)16-11-5-28(6-12(11)16)14-3-2-10(21)4-13(14)22/h2-4,8-9,11-12,16H,5-7H2,1H3/t11-,12+,16?. The summed E-state index contributed by atoms with van der Waals surface area (Å²) in [5, 5.41) is 4.52. The predicted molar refractivity (Wildman–Crippen MR) is 110 cm³/mol. The van der Waals surface area contributed by atoms with Gasteiger partial charge in [-0.05, 0) is 30.0 Å². The van der Waals surface area contributed by atoms with Crippen LogP contribution in [-0.4, -0.2) is 42.3 Å². The number of nitrogens with zero attached hydrogens (tertiary/aromatic N) is 7. The van der Waals surface area contributed by atoms with E-state index >= 15 is 0 Å². The highest BCUT2D eigenvalue weighted by molar-refractivity contribution is 6.30. The van der Waals surface area contributed by atoms with E-state index in [9.17, 15) is 9.18 Å². The van der Waals surface area contributed by atoms with Crippen LogP contribution in [0, 0.1) is 17.7 Å². The zero-order valence-electron chi connectivity index (χ0n) is 16.4. The number of piperidine rings is 1. The van der Waals surface area contributed by atoms with Gasteiger partial charge in [-0.3, -0.25) is 9.36 Å². The Balaban J connectivity index is 1.17. The summed E-state index contributed by atoms with van der Waals surface area (Å²) in [6.45, 7) is 1.61. The Morgan fingerprint density at radius 1 is 1.23 bits per heavy atom. The number of benzene rings is 1. The number of hydrogen-bond acceptors (Lipinski definition) is 7. The Morgan fingerprint density at radius 2 is 2.00 bits per heavy atom. The Morgan fingerprint density at radius 3 is 2.77 bits per heavy atom. The SMILES string of the molecule is Cn1cnc2ncn(Cc3nc(C4[C@H]5CN(c6ccc(Cl)cc6F)C[C@@H]45)no3)c(=O)c21. The number of halogens is 2. The third-order valence-electron chi connectivity index (χ3n) is 6.23. The zero-order chi connectivity index (χ0) is 21.3. The fourth-order valence-electron chi connectivity index (χ4n) is 4.64. The van der Waals surface area contributed by atoms with Gasteiger partial charge < -0.3 is 14.0 Å². The lowest BCUT2D eigenvalue weighted by Crippen LogP contribution is -2.24. The third-order valence-corrected chi connectivity index (χ3v) is 6.47. The summed E-state index contributed by atoms with van der Waals surface area (Å²) >= 11 is 5.85. The lowest BCUT2D eigenvalue weighted by Gasteiger charge is -2.22. The predicted octanol–water partition coefficient (Wildman–Crippen LogP) is 2.20. The molecule has 4 heterocycles. The lowest BCUT2D eigenvalue weighted by atomic mass is 10.2. The monoisotopic (exact) mass is 441 g/mol. The molecule has 0 spiro atoms. The summed E-state index contributed by atoms with van der Waals surface area (Å²) in [6, 6.07) is 4.75. The summed E-state index contributed by atoms with van der Waals surface area (Å²) in [7, 11) is 1.75. The van der Waals surface area contributed by atoms with Gasteiger partial charge in [0.25, 0.3) is 5.56 Å². The highest BCUT2D eigenvalue weighted by Crippen LogP contribution is 2.58. The summed E-state index contributed by atoms with van der Waals surface area (Å²) in [5.74, 6) is 1.59. The first-order chi connectivity index (χ1) is 15.0. The molecule has 1 saturated heterocycles. The van der Waals surface area contributed by atoms with Crippen molar-refractivity contribution in [2.24, 2.45) is 18.9 Å². The number of imidazole rings is 1. The van der Waals surface area contributed by atoms with Crippen molar-refractivity contribution in [1.29, 1.82) is 0 Å². The van der Waals surface area contributed by atoms with Crippen LogP contribution in [0.1, 0.15) is 17.6 Å². The van der Waals surface area contributed by atoms with Gasteiger partial charge in [0, 0.05) is 31.1 Å². The largest absolute Gasteiger partial charge is 0.369 e. The number of fused-ring (bicyclic) bond motifs is 2. The molecule has 1 unspecified atom stereocenters. The topological polar surface area (TPSA) is 94.9 Å². The van der Waals surface area contributed by atoms with Crippen molar-refractivity contribution in [3.8, 4) is 0 Å². The molecule has 2 aliphatic rings. The molecule has 11 heteroatoms. The van der Waals surface area contributed by atoms with Crippen LogP contribution in [0.3, 0.4) is 0 Å². The van der Waals surface area contributed by atoms with E-state index < -0.39 is 0 Å². The van der Waals surface area contributed by atoms with Crippen molar-refractivity contribution in [2.45, 2.75) is 12.5 Å². The molecular weight excluding hydrogens is 425 g/mol. The van der Waals surface area contributed by atoms with E-state index in [4.69, 9.17) is 16.1 Å². The van der Waals surface area contributed by atoms with Crippen molar-refractivity contribution < 1.29 is 8.91 Å². The number of anilines is 1. The van der Waals surface area contributed by atoms with Gasteiger partial charge >= 0.3 is 0 Å². The molecule has 158 valence electrons. The van der Waals surface area contributed by atoms with E-state index in [0.717, 1.165) is 13.1 Å². The second kappa shape index (κ2) is 6.61. The normalized spacial score (nSPS) is 22.3. The maximum atomic E-state index is 14.2. The van der Waals surface area contributed by atoms with Gasteiger partial charge in [-0.2, -0.15) is 4.98 Å². The second-order valence-electron chi connectivity index (χ2n) is 8.11. The van der Waals surface area contributed by atoms with Gasteiger partial charge in [0.05, 0.1) is 12.0 Å². The van der Waals surface area contributed by atoms with E-state index in [1.807, 2.05) is 4.90 Å². The minimum absolute atomic E-state index is 0.143.